The summed E-state index contributed by atoms with van der Waals surface area (Å²) in [5, 5.41) is 0. The minimum atomic E-state index is -0.568. The predicted octanol–water partition coefficient (Wildman–Crippen LogP) is 5.46. The summed E-state index contributed by atoms with van der Waals surface area (Å²) in [4.78, 5) is 26.6. The number of aromatic nitrogens is 1. The second kappa shape index (κ2) is 10.8. The Balaban J connectivity index is 2.11. The van der Waals surface area contributed by atoms with Crippen LogP contribution in [0.15, 0.2) is 78.9 Å². The molecule has 3 aromatic carbocycles. The van der Waals surface area contributed by atoms with Crippen LogP contribution >= 0.6 is 0 Å². The summed E-state index contributed by atoms with van der Waals surface area (Å²) in [5.41, 5.74) is 3.97. The molecular formula is C29H27NO6. The van der Waals surface area contributed by atoms with E-state index in [-0.39, 0.29) is 17.9 Å². The van der Waals surface area contributed by atoms with Crippen molar-refractivity contribution >= 4 is 11.9 Å². The number of hydrogen-bond acceptors (Lipinski definition) is 6. The fourth-order valence-electron chi connectivity index (χ4n) is 4.24. The Morgan fingerprint density at radius 2 is 1.03 bits per heavy atom. The molecule has 0 saturated carbocycles. The molecule has 7 heteroatoms. The number of carbonyl (C=O) groups is 2. The highest BCUT2D eigenvalue weighted by Gasteiger charge is 2.33. The molecule has 0 bridgehead atoms. The smallest absolute Gasteiger partial charge is 0.355 e. The van der Waals surface area contributed by atoms with E-state index in [9.17, 15) is 9.59 Å². The van der Waals surface area contributed by atoms with Gasteiger partial charge in [-0.25, -0.2) is 9.59 Å². The first-order valence-electron chi connectivity index (χ1n) is 11.3. The second-order valence-corrected chi connectivity index (χ2v) is 7.96. The number of benzene rings is 3. The standard InChI is InChI=1S/C29H27NO6/c1-33-22-14-10-20(11-15-22)24-25(21-12-16-23(34-2)17-13-21)27(29(32)36-4)30(26(24)28(31)35-3)18-19-8-6-5-7-9-19/h5-17H,18H2,1-4H3. The Morgan fingerprint density at radius 3 is 1.39 bits per heavy atom. The number of ether oxygens (including phenoxy) is 4. The largest absolute Gasteiger partial charge is 0.497 e. The van der Waals surface area contributed by atoms with E-state index < -0.39 is 11.9 Å². The topological polar surface area (TPSA) is 76.0 Å². The van der Waals surface area contributed by atoms with E-state index >= 15 is 0 Å². The molecule has 1 heterocycles. The van der Waals surface area contributed by atoms with Gasteiger partial charge < -0.3 is 23.5 Å². The van der Waals surface area contributed by atoms with Crippen molar-refractivity contribution in [1.82, 2.24) is 4.57 Å². The van der Waals surface area contributed by atoms with Gasteiger partial charge in [-0.1, -0.05) is 54.6 Å². The SMILES string of the molecule is COC(=O)c1c(-c2ccc(OC)cc2)c(-c2ccc(OC)cc2)c(C(=O)OC)n1Cc1ccccc1. The molecule has 0 N–H and O–H groups in total. The van der Waals surface area contributed by atoms with Gasteiger partial charge in [0.25, 0.3) is 0 Å². The lowest BCUT2D eigenvalue weighted by Gasteiger charge is -2.13. The molecule has 4 rings (SSSR count). The van der Waals surface area contributed by atoms with E-state index in [1.165, 1.54) is 14.2 Å². The number of hydrogen-bond donors (Lipinski definition) is 0. The van der Waals surface area contributed by atoms with Crippen LogP contribution in [-0.2, 0) is 16.0 Å². The molecule has 4 aromatic rings. The van der Waals surface area contributed by atoms with Crippen molar-refractivity contribution in [3.8, 4) is 33.8 Å². The van der Waals surface area contributed by atoms with Crippen LogP contribution in [0.25, 0.3) is 22.3 Å². The number of esters is 2. The van der Waals surface area contributed by atoms with Crippen molar-refractivity contribution < 1.29 is 28.5 Å². The van der Waals surface area contributed by atoms with Crippen molar-refractivity contribution in [3.05, 3.63) is 95.8 Å². The molecule has 0 aliphatic rings. The molecule has 0 amide bonds. The lowest BCUT2D eigenvalue weighted by Crippen LogP contribution is -2.18. The summed E-state index contributed by atoms with van der Waals surface area (Å²) in [5.74, 6) is 0.200. The van der Waals surface area contributed by atoms with E-state index in [1.54, 1.807) is 43.1 Å². The molecule has 7 nitrogen and oxygen atoms in total. The van der Waals surface area contributed by atoms with Crippen LogP contribution in [0.1, 0.15) is 26.5 Å². The summed E-state index contributed by atoms with van der Waals surface area (Å²) in [7, 11) is 5.82. The highest BCUT2D eigenvalue weighted by atomic mass is 16.5. The highest BCUT2D eigenvalue weighted by molar-refractivity contribution is 6.09. The van der Waals surface area contributed by atoms with E-state index in [2.05, 4.69) is 0 Å². The van der Waals surface area contributed by atoms with Crippen LogP contribution in [0.3, 0.4) is 0 Å². The average Bonchev–Trinajstić information content (AvgIpc) is 3.27. The van der Waals surface area contributed by atoms with Crippen molar-refractivity contribution in [3.63, 3.8) is 0 Å². The first kappa shape index (κ1) is 24.6. The minimum Gasteiger partial charge on any atom is -0.497 e. The van der Waals surface area contributed by atoms with Crippen LogP contribution in [0, 0.1) is 0 Å². The third kappa shape index (κ3) is 4.68. The van der Waals surface area contributed by atoms with Crippen molar-refractivity contribution in [2.75, 3.05) is 28.4 Å². The van der Waals surface area contributed by atoms with Gasteiger partial charge in [-0.05, 0) is 41.0 Å². The summed E-state index contributed by atoms with van der Waals surface area (Å²) >= 11 is 0. The van der Waals surface area contributed by atoms with Crippen molar-refractivity contribution in [1.29, 1.82) is 0 Å². The molecule has 0 aliphatic heterocycles. The number of methoxy groups -OCH3 is 4. The molecule has 36 heavy (non-hydrogen) atoms. The fraction of sp³-hybridized carbons (Fsp3) is 0.172. The van der Waals surface area contributed by atoms with E-state index in [4.69, 9.17) is 18.9 Å². The molecule has 0 aliphatic carbocycles. The number of nitrogens with zero attached hydrogens (tertiary/aromatic N) is 1. The lowest BCUT2D eigenvalue weighted by atomic mass is 9.94. The van der Waals surface area contributed by atoms with Crippen molar-refractivity contribution in [2.24, 2.45) is 0 Å². The minimum absolute atomic E-state index is 0.248. The zero-order valence-corrected chi connectivity index (χ0v) is 20.6. The normalized spacial score (nSPS) is 10.6. The maximum atomic E-state index is 13.3. The van der Waals surface area contributed by atoms with Gasteiger partial charge in [-0.15, -0.1) is 0 Å². The highest BCUT2D eigenvalue weighted by Crippen LogP contribution is 2.42. The lowest BCUT2D eigenvalue weighted by molar-refractivity contribution is 0.0579. The zero-order valence-electron chi connectivity index (χ0n) is 20.6. The Morgan fingerprint density at radius 1 is 0.611 bits per heavy atom. The Hall–Kier alpha value is -4.52. The molecule has 0 unspecified atom stereocenters. The van der Waals surface area contributed by atoms with Crippen molar-refractivity contribution in [2.45, 2.75) is 6.54 Å². The molecular weight excluding hydrogens is 458 g/mol. The zero-order chi connectivity index (χ0) is 25.7. The molecule has 0 fully saturated rings. The molecule has 0 spiro atoms. The van der Waals surface area contributed by atoms with Gasteiger partial charge in [-0.3, -0.25) is 0 Å². The molecule has 184 valence electrons. The van der Waals surface area contributed by atoms with Gasteiger partial charge in [0.15, 0.2) is 0 Å². The second-order valence-electron chi connectivity index (χ2n) is 7.96. The Labute approximate surface area is 209 Å². The molecule has 0 saturated heterocycles. The van der Waals surface area contributed by atoms with Crippen LogP contribution in [-0.4, -0.2) is 44.9 Å². The van der Waals surface area contributed by atoms with Crippen LogP contribution in [0.5, 0.6) is 11.5 Å². The van der Waals surface area contributed by atoms with Gasteiger partial charge in [0, 0.05) is 17.7 Å². The van der Waals surface area contributed by atoms with Gasteiger partial charge in [-0.2, -0.15) is 0 Å². The van der Waals surface area contributed by atoms with Crippen LogP contribution in [0.4, 0.5) is 0 Å². The Bertz CT molecular complexity index is 1270. The predicted molar refractivity (Wildman–Crippen MR) is 137 cm³/mol. The molecule has 0 radical (unpaired) electrons. The van der Waals surface area contributed by atoms with Crippen LogP contribution < -0.4 is 9.47 Å². The number of carbonyl (C=O) groups excluding carboxylic acids is 2. The quantitative estimate of drug-likeness (QED) is 0.309. The first-order valence-corrected chi connectivity index (χ1v) is 11.3. The summed E-state index contributed by atoms with van der Waals surface area (Å²) in [6, 6.07) is 24.2. The Kier molecular flexibility index (Phi) is 7.39. The van der Waals surface area contributed by atoms with Crippen LogP contribution in [0.2, 0.25) is 0 Å². The molecule has 0 atom stereocenters. The van der Waals surface area contributed by atoms with E-state index in [0.717, 1.165) is 16.7 Å². The van der Waals surface area contributed by atoms with E-state index in [0.29, 0.717) is 22.6 Å². The summed E-state index contributed by atoms with van der Waals surface area (Å²) in [6.07, 6.45) is 0. The summed E-state index contributed by atoms with van der Waals surface area (Å²) in [6.45, 7) is 0.259. The first-order chi connectivity index (χ1) is 17.5. The third-order valence-corrected chi connectivity index (χ3v) is 5.96. The maximum absolute atomic E-state index is 13.3. The molecule has 1 aromatic heterocycles. The van der Waals surface area contributed by atoms with Gasteiger partial charge in [0.1, 0.15) is 22.9 Å². The average molecular weight is 486 g/mol. The van der Waals surface area contributed by atoms with Gasteiger partial charge in [0.05, 0.1) is 28.4 Å². The number of rotatable bonds is 8. The summed E-state index contributed by atoms with van der Waals surface area (Å²) < 4.78 is 22.8. The van der Waals surface area contributed by atoms with Gasteiger partial charge >= 0.3 is 11.9 Å². The third-order valence-electron chi connectivity index (χ3n) is 5.96. The maximum Gasteiger partial charge on any atom is 0.355 e. The monoisotopic (exact) mass is 485 g/mol. The van der Waals surface area contributed by atoms with Gasteiger partial charge in [0.2, 0.25) is 0 Å². The van der Waals surface area contributed by atoms with E-state index in [1.807, 2.05) is 54.6 Å². The fourth-order valence-corrected chi connectivity index (χ4v) is 4.24.